The minimum absolute atomic E-state index is 0.0686. The zero-order valence-corrected chi connectivity index (χ0v) is 20.8. The van der Waals surface area contributed by atoms with Crippen molar-refractivity contribution in [2.45, 2.75) is 88.6 Å². The van der Waals surface area contributed by atoms with Crippen LogP contribution in [-0.2, 0) is 27.3 Å². The second-order valence-corrected chi connectivity index (χ2v) is 11.1. The number of aliphatic hydroxyl groups excluding tert-OH is 1. The fraction of sp³-hybridized carbons (Fsp3) is 0.692. The number of benzene rings is 1. The molecular weight excluding hydrogens is 518 g/mol. The number of rotatable bonds is 3. The molecule has 1 aromatic rings. The minimum Gasteiger partial charge on any atom is -0.381 e. The number of amides is 2. The lowest BCUT2D eigenvalue weighted by molar-refractivity contribution is -0.206. The highest BCUT2D eigenvalue weighted by Crippen LogP contribution is 2.56. The van der Waals surface area contributed by atoms with Crippen molar-refractivity contribution in [3.8, 4) is 0 Å². The Morgan fingerprint density at radius 2 is 1.79 bits per heavy atom. The first-order chi connectivity index (χ1) is 17.7. The zero-order valence-electron chi connectivity index (χ0n) is 20.8. The zero-order chi connectivity index (χ0) is 27.6. The van der Waals surface area contributed by atoms with Gasteiger partial charge < -0.3 is 19.6 Å². The van der Waals surface area contributed by atoms with Crippen LogP contribution in [0.4, 0.5) is 26.3 Å². The summed E-state index contributed by atoms with van der Waals surface area (Å²) in [7, 11) is 0. The largest absolute Gasteiger partial charge is 0.471 e. The van der Waals surface area contributed by atoms with Gasteiger partial charge in [-0.25, -0.2) is 0 Å². The monoisotopic (exact) mass is 548 g/mol. The molecule has 6 nitrogen and oxygen atoms in total. The van der Waals surface area contributed by atoms with Crippen molar-refractivity contribution < 1.29 is 45.8 Å². The number of ether oxygens (including phenoxy) is 1. The maximum atomic E-state index is 13.8. The lowest BCUT2D eigenvalue weighted by atomic mass is 9.73. The van der Waals surface area contributed by atoms with E-state index in [-0.39, 0.29) is 56.0 Å². The molecule has 0 bridgehead atoms. The van der Waals surface area contributed by atoms with Crippen LogP contribution >= 0.6 is 0 Å². The Labute approximate surface area is 215 Å². The van der Waals surface area contributed by atoms with Crippen molar-refractivity contribution in [3.63, 3.8) is 0 Å². The third kappa shape index (κ3) is 4.47. The van der Waals surface area contributed by atoms with Crippen molar-refractivity contribution in [1.29, 1.82) is 0 Å². The number of carbonyl (C=O) groups is 2. The van der Waals surface area contributed by atoms with E-state index in [0.29, 0.717) is 31.2 Å². The average Bonchev–Trinajstić information content (AvgIpc) is 3.38. The lowest BCUT2D eigenvalue weighted by Gasteiger charge is -2.39. The number of hydrogen-bond acceptors (Lipinski definition) is 4. The fourth-order valence-electron chi connectivity index (χ4n) is 7.14. The molecule has 12 heteroatoms. The van der Waals surface area contributed by atoms with Gasteiger partial charge in [-0.3, -0.25) is 9.59 Å². The summed E-state index contributed by atoms with van der Waals surface area (Å²) in [6.07, 6.45) is -10.8. The maximum Gasteiger partial charge on any atom is 0.471 e. The Morgan fingerprint density at radius 1 is 1.11 bits per heavy atom. The first kappa shape index (κ1) is 27.2. The molecule has 1 aromatic carbocycles. The van der Waals surface area contributed by atoms with Gasteiger partial charge in [-0.1, -0.05) is 25.1 Å². The van der Waals surface area contributed by atoms with Gasteiger partial charge in [0.25, 0.3) is 0 Å². The third-order valence-electron chi connectivity index (χ3n) is 9.14. The number of carbonyl (C=O) groups excluding carboxylic acids is 2. The number of aliphatic hydroxyl groups is 1. The topological polar surface area (TPSA) is 70.1 Å². The van der Waals surface area contributed by atoms with Gasteiger partial charge in [-0.2, -0.15) is 26.3 Å². The van der Waals surface area contributed by atoms with E-state index in [0.717, 1.165) is 10.5 Å². The van der Waals surface area contributed by atoms with Gasteiger partial charge in [0, 0.05) is 37.9 Å². The van der Waals surface area contributed by atoms with E-state index >= 15 is 0 Å². The lowest BCUT2D eigenvalue weighted by Crippen LogP contribution is -2.53. The summed E-state index contributed by atoms with van der Waals surface area (Å²) in [6, 6.07) is 2.46. The van der Waals surface area contributed by atoms with Gasteiger partial charge >= 0.3 is 18.3 Å². The van der Waals surface area contributed by atoms with Crippen molar-refractivity contribution in [3.05, 3.63) is 34.9 Å². The molecule has 4 aliphatic rings. The minimum atomic E-state index is -5.03. The van der Waals surface area contributed by atoms with E-state index in [1.807, 2.05) is 6.92 Å². The van der Waals surface area contributed by atoms with Crippen LogP contribution in [0.3, 0.4) is 0 Å². The standard InChI is InChI=1S/C26H30F6N2O4/c1-14-20-11-15-2-3-16(21(35)25(27,28)29)10-17(15)13-33(20)22(36)24(14)7-4-19(12-24)34(23(37)26(30,31)32)18-5-8-38-9-6-18/h2-3,10,14,18-21,35H,4-9,11-13H2,1H3/t14?,19-,20?,21?,24+/m1/s1. The number of hydrogen-bond donors (Lipinski definition) is 1. The van der Waals surface area contributed by atoms with Crippen LogP contribution in [0.5, 0.6) is 0 Å². The van der Waals surface area contributed by atoms with Gasteiger partial charge in [0.15, 0.2) is 6.10 Å². The van der Waals surface area contributed by atoms with Crippen molar-refractivity contribution >= 4 is 11.8 Å². The predicted molar refractivity (Wildman–Crippen MR) is 121 cm³/mol. The Balaban J connectivity index is 1.39. The normalized spacial score (nSPS) is 30.9. The van der Waals surface area contributed by atoms with E-state index in [9.17, 15) is 41.0 Å². The Morgan fingerprint density at radius 3 is 2.42 bits per heavy atom. The SMILES string of the molecule is CC1C2Cc3ccc(C(O)C(F)(F)F)cc3CN2C(=O)[C@]12CC[C@@H](N(C(=O)C(F)(F)F)C1CCOCC1)C2. The summed E-state index contributed by atoms with van der Waals surface area (Å²) >= 11 is 0. The van der Waals surface area contributed by atoms with Crippen LogP contribution in [0.15, 0.2) is 18.2 Å². The molecule has 2 saturated heterocycles. The molecular formula is C26H30F6N2O4. The van der Waals surface area contributed by atoms with Crippen LogP contribution in [0.1, 0.15) is 61.8 Å². The van der Waals surface area contributed by atoms with Crippen molar-refractivity contribution in [2.75, 3.05) is 13.2 Å². The van der Waals surface area contributed by atoms with Gasteiger partial charge in [0.2, 0.25) is 5.91 Å². The highest BCUT2D eigenvalue weighted by Gasteiger charge is 2.62. The molecule has 0 radical (unpaired) electrons. The number of alkyl halides is 6. The molecule has 1 aliphatic carbocycles. The third-order valence-corrected chi connectivity index (χ3v) is 9.14. The van der Waals surface area contributed by atoms with Crippen molar-refractivity contribution in [2.24, 2.45) is 11.3 Å². The molecule has 3 heterocycles. The first-order valence-electron chi connectivity index (χ1n) is 12.9. The maximum absolute atomic E-state index is 13.8. The van der Waals surface area contributed by atoms with E-state index < -0.39 is 41.9 Å². The highest BCUT2D eigenvalue weighted by atomic mass is 19.4. The summed E-state index contributed by atoms with van der Waals surface area (Å²) in [5.74, 6) is -2.33. The van der Waals surface area contributed by atoms with Crippen LogP contribution < -0.4 is 0 Å². The average molecular weight is 549 g/mol. The second-order valence-electron chi connectivity index (χ2n) is 11.1. The number of halogens is 6. The first-order valence-corrected chi connectivity index (χ1v) is 12.9. The summed E-state index contributed by atoms with van der Waals surface area (Å²) in [5, 5.41) is 9.67. The summed E-state index contributed by atoms with van der Waals surface area (Å²) < 4.78 is 85.2. The van der Waals surface area contributed by atoms with E-state index in [1.54, 1.807) is 11.0 Å². The highest BCUT2D eigenvalue weighted by molar-refractivity contribution is 5.87. The van der Waals surface area contributed by atoms with E-state index in [1.165, 1.54) is 12.1 Å². The number of fused-ring (bicyclic) bond motifs is 2. The summed E-state index contributed by atoms with van der Waals surface area (Å²) in [6.45, 7) is 2.50. The molecule has 3 aliphatic heterocycles. The Hall–Kier alpha value is -2.34. The van der Waals surface area contributed by atoms with Crippen LogP contribution in [0.25, 0.3) is 0 Å². The Kier molecular flexibility index (Phi) is 6.73. The molecule has 210 valence electrons. The fourth-order valence-corrected chi connectivity index (χ4v) is 7.14. The molecule has 38 heavy (non-hydrogen) atoms. The van der Waals surface area contributed by atoms with E-state index in [2.05, 4.69) is 0 Å². The quantitative estimate of drug-likeness (QED) is 0.573. The molecule has 3 unspecified atom stereocenters. The van der Waals surface area contributed by atoms with Gasteiger partial charge in [0.1, 0.15) is 0 Å². The molecule has 2 amide bonds. The van der Waals surface area contributed by atoms with Gasteiger partial charge in [0.05, 0.1) is 5.41 Å². The number of nitrogens with zero attached hydrogens (tertiary/aromatic N) is 2. The van der Waals surface area contributed by atoms with Crippen LogP contribution in [0, 0.1) is 11.3 Å². The summed E-state index contributed by atoms with van der Waals surface area (Å²) in [4.78, 5) is 28.9. The van der Waals surface area contributed by atoms with Crippen LogP contribution in [-0.4, -0.2) is 70.4 Å². The molecule has 5 rings (SSSR count). The molecule has 5 atom stereocenters. The van der Waals surface area contributed by atoms with Gasteiger partial charge in [-0.15, -0.1) is 0 Å². The predicted octanol–water partition coefficient (Wildman–Crippen LogP) is 4.29. The molecule has 0 aromatic heterocycles. The van der Waals surface area contributed by atoms with Gasteiger partial charge in [-0.05, 0) is 61.1 Å². The molecule has 3 fully saturated rings. The van der Waals surface area contributed by atoms with Crippen LogP contribution in [0.2, 0.25) is 0 Å². The molecule has 1 N–H and O–H groups in total. The molecule has 1 saturated carbocycles. The molecule has 1 spiro atoms. The van der Waals surface area contributed by atoms with Crippen molar-refractivity contribution in [1.82, 2.24) is 9.80 Å². The smallest absolute Gasteiger partial charge is 0.381 e. The Bertz CT molecular complexity index is 1100. The second kappa shape index (κ2) is 9.39. The summed E-state index contributed by atoms with van der Waals surface area (Å²) in [5.41, 5.74) is 0.0563. The van der Waals surface area contributed by atoms with E-state index in [4.69, 9.17) is 4.74 Å².